The molecule has 2 aromatic carbocycles. The number of rotatable bonds is 5. The zero-order valence-electron chi connectivity index (χ0n) is 24.4. The average molecular weight is 621 g/mol. The van der Waals surface area contributed by atoms with Gasteiger partial charge in [-0.1, -0.05) is 32.9 Å². The van der Waals surface area contributed by atoms with Gasteiger partial charge >= 0.3 is 0 Å². The molecule has 1 saturated carbocycles. The van der Waals surface area contributed by atoms with Gasteiger partial charge < -0.3 is 10.2 Å². The normalized spacial score (nSPS) is 24.1. The van der Waals surface area contributed by atoms with E-state index in [1.165, 1.54) is 10.4 Å². The number of benzene rings is 2. The zero-order valence-corrected chi connectivity index (χ0v) is 26.9. The summed E-state index contributed by atoms with van der Waals surface area (Å²) in [6.07, 6.45) is 3.72. The first kappa shape index (κ1) is 28.2. The molecule has 4 aromatic rings. The second-order valence-corrected chi connectivity index (χ2v) is 17.5. The summed E-state index contributed by atoms with van der Waals surface area (Å²) in [6.45, 7) is 9.05. The van der Waals surface area contributed by atoms with Crippen LogP contribution in [-0.4, -0.2) is 54.7 Å². The molecule has 10 heteroatoms. The Bertz CT molecular complexity index is 1770. The van der Waals surface area contributed by atoms with Crippen molar-refractivity contribution >= 4 is 53.8 Å². The number of nitrogens with zero attached hydrogens (tertiary/aromatic N) is 3. The van der Waals surface area contributed by atoms with Gasteiger partial charge in [0.1, 0.15) is 10.0 Å². The first-order valence-corrected chi connectivity index (χ1v) is 17.6. The number of thiazole rings is 1. The van der Waals surface area contributed by atoms with Crippen molar-refractivity contribution < 1.29 is 13.2 Å². The van der Waals surface area contributed by atoms with Gasteiger partial charge in [-0.15, -0.1) is 22.7 Å². The monoisotopic (exact) mass is 620 g/mol. The SMILES string of the molecule is CN1CCc2c(sc(NC(=O)c3ccc(S(=O)(=O)N4CC5(C)CC4CC(C)(C)C5)cc3)c2-c2nc3ccccc3s2)C1. The highest BCUT2D eigenvalue weighted by molar-refractivity contribution is 7.89. The number of nitrogens with one attached hydrogen (secondary N) is 1. The molecule has 1 saturated heterocycles. The molecule has 0 spiro atoms. The summed E-state index contributed by atoms with van der Waals surface area (Å²) in [6, 6.07) is 14.6. The molecule has 4 heterocycles. The van der Waals surface area contributed by atoms with Crippen molar-refractivity contribution in [3.63, 3.8) is 0 Å². The van der Waals surface area contributed by atoms with Gasteiger partial charge in [0.05, 0.1) is 15.1 Å². The van der Waals surface area contributed by atoms with Gasteiger partial charge in [-0.3, -0.25) is 4.79 Å². The fraction of sp³-hybridized carbons (Fsp3) is 0.438. The zero-order chi connectivity index (χ0) is 29.4. The van der Waals surface area contributed by atoms with Crippen LogP contribution in [0.15, 0.2) is 53.4 Å². The Balaban J connectivity index is 1.16. The third-order valence-corrected chi connectivity index (χ3v) is 13.2. The van der Waals surface area contributed by atoms with Gasteiger partial charge in [-0.2, -0.15) is 4.31 Å². The van der Waals surface area contributed by atoms with E-state index < -0.39 is 10.0 Å². The molecule has 1 N–H and O–H groups in total. The maximum absolute atomic E-state index is 13.7. The van der Waals surface area contributed by atoms with E-state index in [4.69, 9.17) is 4.98 Å². The Hall–Kier alpha value is -2.63. The largest absolute Gasteiger partial charge is 0.313 e. The number of thiophene rings is 1. The number of para-hydroxylation sites is 1. The van der Waals surface area contributed by atoms with Crippen LogP contribution < -0.4 is 5.32 Å². The lowest BCUT2D eigenvalue weighted by molar-refractivity contribution is 0.102. The third-order valence-electron chi connectivity index (χ3n) is 9.07. The highest BCUT2D eigenvalue weighted by Gasteiger charge is 2.53. The van der Waals surface area contributed by atoms with Gasteiger partial charge in [0.25, 0.3) is 5.91 Å². The molecular weight excluding hydrogens is 585 g/mol. The molecule has 1 aliphatic carbocycles. The van der Waals surface area contributed by atoms with Crippen molar-refractivity contribution in [2.24, 2.45) is 10.8 Å². The summed E-state index contributed by atoms with van der Waals surface area (Å²) in [5.41, 5.74) is 3.81. The maximum Gasteiger partial charge on any atom is 0.256 e. The third kappa shape index (κ3) is 4.91. The number of amides is 1. The fourth-order valence-corrected chi connectivity index (χ4v) is 11.8. The standard InChI is InChI=1S/C32H36N4O3S3/c1-31(2)15-21-16-32(3,18-31)19-36(21)42(38,39)22-11-9-20(10-12-22)28(37)34-30-27(23-13-14-35(4)17-26(23)41-30)29-33-24-7-5-6-8-25(24)40-29/h5-12,21H,13-19H2,1-4H3,(H,34,37). The minimum atomic E-state index is -3.65. The Labute approximate surface area is 255 Å². The van der Waals surface area contributed by atoms with Crippen molar-refractivity contribution in [1.82, 2.24) is 14.2 Å². The van der Waals surface area contributed by atoms with E-state index in [-0.39, 0.29) is 27.7 Å². The summed E-state index contributed by atoms with van der Waals surface area (Å²) in [5.74, 6) is -0.250. The van der Waals surface area contributed by atoms with E-state index >= 15 is 0 Å². The van der Waals surface area contributed by atoms with Crippen molar-refractivity contribution in [2.75, 3.05) is 25.5 Å². The Morgan fingerprint density at radius 1 is 1.05 bits per heavy atom. The molecule has 2 aromatic heterocycles. The Morgan fingerprint density at radius 2 is 1.81 bits per heavy atom. The van der Waals surface area contributed by atoms with Crippen LogP contribution >= 0.6 is 22.7 Å². The molecule has 2 atom stereocenters. The molecule has 3 aliphatic rings. The van der Waals surface area contributed by atoms with Crippen molar-refractivity contribution in [3.05, 3.63) is 64.5 Å². The fourth-order valence-electron chi connectivity index (χ4n) is 7.60. The number of hydrogen-bond acceptors (Lipinski definition) is 7. The van der Waals surface area contributed by atoms with Crippen LogP contribution in [0.3, 0.4) is 0 Å². The molecule has 1 amide bonds. The minimum absolute atomic E-state index is 0.00890. The van der Waals surface area contributed by atoms with Crippen molar-refractivity contribution in [2.45, 2.75) is 63.9 Å². The maximum atomic E-state index is 13.7. The van der Waals surface area contributed by atoms with E-state index in [1.807, 2.05) is 18.2 Å². The van der Waals surface area contributed by atoms with Gasteiger partial charge in [0.15, 0.2) is 0 Å². The quantitative estimate of drug-likeness (QED) is 0.264. The van der Waals surface area contributed by atoms with Crippen LogP contribution in [0, 0.1) is 10.8 Å². The summed E-state index contributed by atoms with van der Waals surface area (Å²) in [4.78, 5) is 22.3. The molecule has 2 aliphatic heterocycles. The number of carbonyl (C=O) groups is 1. The van der Waals surface area contributed by atoms with Crippen LogP contribution in [0.2, 0.25) is 0 Å². The minimum Gasteiger partial charge on any atom is -0.313 e. The van der Waals surface area contributed by atoms with E-state index in [0.29, 0.717) is 12.1 Å². The number of likely N-dealkylation sites (N-methyl/N-ethyl adjacent to an activating group) is 1. The van der Waals surface area contributed by atoms with E-state index in [9.17, 15) is 13.2 Å². The molecule has 2 fully saturated rings. The summed E-state index contributed by atoms with van der Waals surface area (Å²) in [7, 11) is -1.54. The first-order valence-electron chi connectivity index (χ1n) is 14.5. The number of anilines is 1. The molecule has 2 unspecified atom stereocenters. The number of carbonyl (C=O) groups excluding carboxylic acids is 1. The van der Waals surface area contributed by atoms with Crippen LogP contribution in [0.25, 0.3) is 20.8 Å². The lowest BCUT2D eigenvalue weighted by Crippen LogP contribution is -2.37. The van der Waals surface area contributed by atoms with Gasteiger partial charge in [0.2, 0.25) is 10.0 Å². The van der Waals surface area contributed by atoms with E-state index in [1.54, 1.807) is 51.2 Å². The average Bonchev–Trinajstić information content (AvgIpc) is 3.58. The van der Waals surface area contributed by atoms with E-state index in [0.717, 1.165) is 64.6 Å². The second-order valence-electron chi connectivity index (χ2n) is 13.4. The van der Waals surface area contributed by atoms with Crippen LogP contribution in [-0.2, 0) is 23.0 Å². The lowest BCUT2D eigenvalue weighted by atomic mass is 9.65. The van der Waals surface area contributed by atoms with Crippen LogP contribution in [0.1, 0.15) is 60.8 Å². The number of hydrogen-bond donors (Lipinski definition) is 1. The highest BCUT2D eigenvalue weighted by atomic mass is 32.2. The summed E-state index contributed by atoms with van der Waals surface area (Å²) in [5, 5.41) is 4.89. The highest BCUT2D eigenvalue weighted by Crippen LogP contribution is 2.53. The molecule has 42 heavy (non-hydrogen) atoms. The molecular formula is C32H36N4O3S3. The first-order chi connectivity index (χ1) is 19.9. The topological polar surface area (TPSA) is 82.6 Å². The van der Waals surface area contributed by atoms with Gasteiger partial charge in [-0.05, 0) is 85.5 Å². The molecule has 7 rings (SSSR count). The second kappa shape index (κ2) is 9.95. The van der Waals surface area contributed by atoms with Gasteiger partial charge in [0, 0.05) is 41.7 Å². The summed E-state index contributed by atoms with van der Waals surface area (Å²) < 4.78 is 30.3. The van der Waals surface area contributed by atoms with Crippen LogP contribution in [0.4, 0.5) is 5.00 Å². The summed E-state index contributed by atoms with van der Waals surface area (Å²) >= 11 is 3.26. The number of aromatic nitrogens is 1. The van der Waals surface area contributed by atoms with Crippen molar-refractivity contribution in [1.29, 1.82) is 0 Å². The predicted molar refractivity (Wildman–Crippen MR) is 171 cm³/mol. The molecule has 7 nitrogen and oxygen atoms in total. The lowest BCUT2D eigenvalue weighted by Gasteiger charge is -2.39. The van der Waals surface area contributed by atoms with Crippen molar-refractivity contribution in [3.8, 4) is 10.6 Å². The predicted octanol–water partition coefficient (Wildman–Crippen LogP) is 6.85. The Morgan fingerprint density at radius 3 is 2.57 bits per heavy atom. The molecule has 2 bridgehead atoms. The smallest absolute Gasteiger partial charge is 0.256 e. The van der Waals surface area contributed by atoms with Gasteiger partial charge in [-0.25, -0.2) is 13.4 Å². The Kier molecular flexibility index (Phi) is 6.67. The number of fused-ring (bicyclic) bond motifs is 4. The van der Waals surface area contributed by atoms with Crippen LogP contribution in [0.5, 0.6) is 0 Å². The van der Waals surface area contributed by atoms with E-state index in [2.05, 4.69) is 44.1 Å². The molecule has 0 radical (unpaired) electrons. The molecule has 220 valence electrons. The number of sulfonamides is 1.